The SMILES string of the molecule is CN1CCCCC1C1CCCNC1. The average Bonchev–Trinajstić information content (AvgIpc) is 2.20. The summed E-state index contributed by atoms with van der Waals surface area (Å²) < 4.78 is 0. The number of likely N-dealkylation sites (tertiary alicyclic amines) is 1. The summed E-state index contributed by atoms with van der Waals surface area (Å²) in [6.45, 7) is 3.82. The van der Waals surface area contributed by atoms with E-state index in [0.29, 0.717) is 0 Å². The third-order valence-electron chi connectivity index (χ3n) is 3.71. The zero-order chi connectivity index (χ0) is 9.10. The maximum atomic E-state index is 3.53. The van der Waals surface area contributed by atoms with E-state index in [2.05, 4.69) is 17.3 Å². The van der Waals surface area contributed by atoms with Crippen molar-refractivity contribution in [3.05, 3.63) is 0 Å². The van der Waals surface area contributed by atoms with Gasteiger partial charge in [0.25, 0.3) is 0 Å². The number of nitrogens with one attached hydrogen (secondary N) is 1. The van der Waals surface area contributed by atoms with Crippen molar-refractivity contribution < 1.29 is 0 Å². The van der Waals surface area contributed by atoms with Crippen LogP contribution >= 0.6 is 0 Å². The third-order valence-corrected chi connectivity index (χ3v) is 3.71. The van der Waals surface area contributed by atoms with Gasteiger partial charge in [-0.15, -0.1) is 0 Å². The summed E-state index contributed by atoms with van der Waals surface area (Å²) in [5.74, 6) is 0.930. The lowest BCUT2D eigenvalue weighted by atomic mass is 9.86. The molecule has 2 aliphatic rings. The summed E-state index contributed by atoms with van der Waals surface area (Å²) >= 11 is 0. The van der Waals surface area contributed by atoms with Crippen LogP contribution in [-0.4, -0.2) is 37.6 Å². The van der Waals surface area contributed by atoms with Crippen LogP contribution in [-0.2, 0) is 0 Å². The van der Waals surface area contributed by atoms with Crippen LogP contribution in [0.2, 0.25) is 0 Å². The van der Waals surface area contributed by atoms with Gasteiger partial charge in [-0.3, -0.25) is 0 Å². The molecular formula is C11H22N2. The summed E-state index contributed by atoms with van der Waals surface area (Å²) in [7, 11) is 2.30. The second kappa shape index (κ2) is 4.43. The average molecular weight is 182 g/mol. The monoisotopic (exact) mass is 182 g/mol. The van der Waals surface area contributed by atoms with Gasteiger partial charge in [-0.2, -0.15) is 0 Å². The summed E-state index contributed by atoms with van der Waals surface area (Å²) in [6.07, 6.45) is 7.12. The van der Waals surface area contributed by atoms with Gasteiger partial charge >= 0.3 is 0 Å². The Bertz CT molecular complexity index is 152. The van der Waals surface area contributed by atoms with Crippen molar-refractivity contribution in [1.29, 1.82) is 0 Å². The van der Waals surface area contributed by atoms with Gasteiger partial charge in [0.2, 0.25) is 0 Å². The summed E-state index contributed by atoms with van der Waals surface area (Å²) in [4.78, 5) is 2.58. The lowest BCUT2D eigenvalue weighted by molar-refractivity contribution is 0.113. The van der Waals surface area contributed by atoms with E-state index in [1.807, 2.05) is 0 Å². The van der Waals surface area contributed by atoms with Crippen LogP contribution < -0.4 is 5.32 Å². The zero-order valence-electron chi connectivity index (χ0n) is 8.76. The van der Waals surface area contributed by atoms with Gasteiger partial charge in [-0.1, -0.05) is 6.42 Å². The molecular weight excluding hydrogens is 160 g/mol. The minimum Gasteiger partial charge on any atom is -0.316 e. The molecule has 2 atom stereocenters. The van der Waals surface area contributed by atoms with Gasteiger partial charge in [0.1, 0.15) is 0 Å². The first-order valence-electron chi connectivity index (χ1n) is 5.79. The normalized spacial score (nSPS) is 37.6. The molecule has 0 amide bonds. The largest absolute Gasteiger partial charge is 0.316 e. The van der Waals surface area contributed by atoms with Crippen LogP contribution in [0, 0.1) is 5.92 Å². The molecule has 0 spiro atoms. The number of piperidine rings is 2. The third kappa shape index (κ3) is 2.23. The van der Waals surface area contributed by atoms with Crippen LogP contribution in [0.1, 0.15) is 32.1 Å². The molecule has 2 fully saturated rings. The van der Waals surface area contributed by atoms with Gasteiger partial charge in [0.05, 0.1) is 0 Å². The van der Waals surface area contributed by atoms with E-state index in [0.717, 1.165) is 12.0 Å². The molecule has 1 N–H and O–H groups in total. The fourth-order valence-corrected chi connectivity index (χ4v) is 2.90. The minimum atomic E-state index is 0.876. The Morgan fingerprint density at radius 3 is 2.77 bits per heavy atom. The highest BCUT2D eigenvalue weighted by Crippen LogP contribution is 2.25. The van der Waals surface area contributed by atoms with E-state index >= 15 is 0 Å². The van der Waals surface area contributed by atoms with Gasteiger partial charge in [0, 0.05) is 6.04 Å². The van der Waals surface area contributed by atoms with Crippen molar-refractivity contribution in [2.45, 2.75) is 38.1 Å². The van der Waals surface area contributed by atoms with Gasteiger partial charge in [-0.05, 0) is 58.3 Å². The predicted molar refractivity (Wildman–Crippen MR) is 55.9 cm³/mol. The van der Waals surface area contributed by atoms with Crippen molar-refractivity contribution in [1.82, 2.24) is 10.2 Å². The molecule has 2 heterocycles. The molecule has 0 aliphatic carbocycles. The number of nitrogens with zero attached hydrogens (tertiary/aromatic N) is 1. The highest BCUT2D eigenvalue weighted by Gasteiger charge is 2.28. The van der Waals surface area contributed by atoms with E-state index in [1.165, 1.54) is 51.7 Å². The van der Waals surface area contributed by atoms with Crippen LogP contribution in [0.3, 0.4) is 0 Å². The first kappa shape index (κ1) is 9.47. The number of rotatable bonds is 1. The Morgan fingerprint density at radius 2 is 2.08 bits per heavy atom. The lowest BCUT2D eigenvalue weighted by Crippen LogP contribution is -2.46. The topological polar surface area (TPSA) is 15.3 Å². The quantitative estimate of drug-likeness (QED) is 0.660. The second-order valence-electron chi connectivity index (χ2n) is 4.65. The fraction of sp³-hybridized carbons (Fsp3) is 1.00. The summed E-state index contributed by atoms with van der Waals surface area (Å²) in [5.41, 5.74) is 0. The van der Waals surface area contributed by atoms with Crippen molar-refractivity contribution in [3.8, 4) is 0 Å². The molecule has 2 saturated heterocycles. The maximum Gasteiger partial charge on any atom is 0.0133 e. The van der Waals surface area contributed by atoms with E-state index in [9.17, 15) is 0 Å². The van der Waals surface area contributed by atoms with Gasteiger partial charge in [0.15, 0.2) is 0 Å². The molecule has 0 aromatic heterocycles. The van der Waals surface area contributed by atoms with Crippen molar-refractivity contribution in [2.24, 2.45) is 5.92 Å². The van der Waals surface area contributed by atoms with Crippen LogP contribution in [0.15, 0.2) is 0 Å². The molecule has 0 bridgehead atoms. The van der Waals surface area contributed by atoms with Crippen molar-refractivity contribution >= 4 is 0 Å². The smallest absolute Gasteiger partial charge is 0.0133 e. The summed E-state index contributed by atoms with van der Waals surface area (Å²) in [5, 5.41) is 3.53. The minimum absolute atomic E-state index is 0.876. The molecule has 76 valence electrons. The molecule has 2 unspecified atom stereocenters. The fourth-order valence-electron chi connectivity index (χ4n) is 2.90. The van der Waals surface area contributed by atoms with E-state index in [4.69, 9.17) is 0 Å². The highest BCUT2D eigenvalue weighted by molar-refractivity contribution is 4.84. The molecule has 2 rings (SSSR count). The standard InChI is InChI=1S/C11H22N2/c1-13-8-3-2-6-11(13)10-5-4-7-12-9-10/h10-12H,2-9H2,1H3. The Balaban J connectivity index is 1.88. The number of hydrogen-bond donors (Lipinski definition) is 1. The van der Waals surface area contributed by atoms with E-state index < -0.39 is 0 Å². The molecule has 2 nitrogen and oxygen atoms in total. The molecule has 0 saturated carbocycles. The lowest BCUT2D eigenvalue weighted by Gasteiger charge is -2.40. The van der Waals surface area contributed by atoms with Crippen LogP contribution in [0.5, 0.6) is 0 Å². The van der Waals surface area contributed by atoms with Crippen LogP contribution in [0.25, 0.3) is 0 Å². The van der Waals surface area contributed by atoms with E-state index in [1.54, 1.807) is 0 Å². The Labute approximate surface area is 81.7 Å². The number of hydrogen-bond acceptors (Lipinski definition) is 2. The Hall–Kier alpha value is -0.0800. The first-order chi connectivity index (χ1) is 6.38. The van der Waals surface area contributed by atoms with Crippen molar-refractivity contribution in [2.75, 3.05) is 26.7 Å². The molecule has 13 heavy (non-hydrogen) atoms. The van der Waals surface area contributed by atoms with E-state index in [-0.39, 0.29) is 0 Å². The highest BCUT2D eigenvalue weighted by atomic mass is 15.1. The maximum absolute atomic E-state index is 3.53. The predicted octanol–water partition coefficient (Wildman–Crippen LogP) is 1.47. The Kier molecular flexibility index (Phi) is 3.23. The second-order valence-corrected chi connectivity index (χ2v) is 4.65. The molecule has 2 heteroatoms. The zero-order valence-corrected chi connectivity index (χ0v) is 8.76. The van der Waals surface area contributed by atoms with Gasteiger partial charge < -0.3 is 10.2 Å². The molecule has 0 aromatic rings. The van der Waals surface area contributed by atoms with Crippen molar-refractivity contribution in [3.63, 3.8) is 0 Å². The Morgan fingerprint density at radius 1 is 1.15 bits per heavy atom. The van der Waals surface area contributed by atoms with Crippen LogP contribution in [0.4, 0.5) is 0 Å². The first-order valence-corrected chi connectivity index (χ1v) is 5.79. The summed E-state index contributed by atoms with van der Waals surface area (Å²) in [6, 6.07) is 0.876. The molecule has 0 aromatic carbocycles. The molecule has 2 aliphatic heterocycles. The van der Waals surface area contributed by atoms with Gasteiger partial charge in [-0.25, -0.2) is 0 Å². The molecule has 0 radical (unpaired) electrons.